The summed E-state index contributed by atoms with van der Waals surface area (Å²) in [6, 6.07) is 6.35. The van der Waals surface area contributed by atoms with Crippen LogP contribution in [0.15, 0.2) is 34.9 Å². The first-order valence-electron chi connectivity index (χ1n) is 5.04. The highest BCUT2D eigenvalue weighted by Crippen LogP contribution is 2.24. The van der Waals surface area contributed by atoms with Gasteiger partial charge in [0.1, 0.15) is 12.4 Å². The summed E-state index contributed by atoms with van der Waals surface area (Å²) in [6.07, 6.45) is 1.55. The Morgan fingerprint density at radius 3 is 2.94 bits per heavy atom. The lowest BCUT2D eigenvalue weighted by molar-refractivity contribution is 0.258. The monoisotopic (exact) mass is 255 g/mol. The standard InChI is InChI=1S/C12H11ClFNO2/c13-10-2-1-3-11(12(10)14)17-7-9-4-8(5-15)6-16-9/h1-4,6H,5,7,15H2. The van der Waals surface area contributed by atoms with E-state index in [2.05, 4.69) is 0 Å². The molecule has 90 valence electrons. The lowest BCUT2D eigenvalue weighted by Crippen LogP contribution is -1.97. The Morgan fingerprint density at radius 1 is 1.41 bits per heavy atom. The number of hydrogen-bond donors (Lipinski definition) is 1. The van der Waals surface area contributed by atoms with Crippen molar-refractivity contribution in [2.24, 2.45) is 5.73 Å². The second-order valence-electron chi connectivity index (χ2n) is 3.47. The number of hydrogen-bond acceptors (Lipinski definition) is 3. The normalized spacial score (nSPS) is 10.5. The molecule has 0 aliphatic rings. The van der Waals surface area contributed by atoms with E-state index in [-0.39, 0.29) is 17.4 Å². The molecule has 0 bridgehead atoms. The Balaban J connectivity index is 2.04. The highest BCUT2D eigenvalue weighted by atomic mass is 35.5. The van der Waals surface area contributed by atoms with Crippen LogP contribution >= 0.6 is 11.6 Å². The fourth-order valence-corrected chi connectivity index (χ4v) is 1.52. The van der Waals surface area contributed by atoms with Crippen molar-refractivity contribution in [3.05, 3.63) is 52.7 Å². The van der Waals surface area contributed by atoms with Crippen molar-refractivity contribution in [1.82, 2.24) is 0 Å². The molecule has 1 heterocycles. The molecule has 5 heteroatoms. The van der Waals surface area contributed by atoms with Crippen LogP contribution < -0.4 is 10.5 Å². The fourth-order valence-electron chi connectivity index (χ4n) is 1.35. The molecule has 0 atom stereocenters. The van der Waals surface area contributed by atoms with E-state index in [1.54, 1.807) is 18.4 Å². The maximum Gasteiger partial charge on any atom is 0.183 e. The third-order valence-electron chi connectivity index (χ3n) is 2.23. The van der Waals surface area contributed by atoms with Gasteiger partial charge in [0, 0.05) is 12.1 Å². The number of benzene rings is 1. The molecule has 0 spiro atoms. The van der Waals surface area contributed by atoms with Crippen molar-refractivity contribution in [1.29, 1.82) is 0 Å². The van der Waals surface area contributed by atoms with Crippen LogP contribution in [0.1, 0.15) is 11.3 Å². The number of furan rings is 1. The van der Waals surface area contributed by atoms with Crippen LogP contribution in [0.2, 0.25) is 5.02 Å². The van der Waals surface area contributed by atoms with Crippen molar-refractivity contribution in [3.8, 4) is 5.75 Å². The van der Waals surface area contributed by atoms with Gasteiger partial charge in [-0.05, 0) is 18.2 Å². The summed E-state index contributed by atoms with van der Waals surface area (Å²) in [7, 11) is 0. The predicted octanol–water partition coefficient (Wildman–Crippen LogP) is 3.11. The van der Waals surface area contributed by atoms with Crippen LogP contribution in [-0.2, 0) is 13.2 Å². The molecule has 1 aromatic heterocycles. The van der Waals surface area contributed by atoms with Gasteiger partial charge in [0.15, 0.2) is 11.6 Å². The second kappa shape index (κ2) is 5.21. The Hall–Kier alpha value is -1.52. The predicted molar refractivity (Wildman–Crippen MR) is 62.3 cm³/mol. The molecular formula is C12H11ClFNO2. The number of nitrogens with two attached hydrogens (primary N) is 1. The molecule has 0 aliphatic carbocycles. The fraction of sp³-hybridized carbons (Fsp3) is 0.167. The minimum absolute atomic E-state index is 0.0320. The Bertz CT molecular complexity index is 513. The van der Waals surface area contributed by atoms with Crippen LogP contribution in [0, 0.1) is 5.82 Å². The van der Waals surface area contributed by atoms with Gasteiger partial charge in [-0.1, -0.05) is 17.7 Å². The maximum absolute atomic E-state index is 13.5. The first kappa shape index (κ1) is 12.0. The third kappa shape index (κ3) is 2.78. The molecule has 0 fully saturated rings. The molecule has 0 radical (unpaired) electrons. The molecule has 0 amide bonds. The van der Waals surface area contributed by atoms with Crippen LogP contribution in [-0.4, -0.2) is 0 Å². The lowest BCUT2D eigenvalue weighted by atomic mass is 10.3. The van der Waals surface area contributed by atoms with Gasteiger partial charge in [0.2, 0.25) is 0 Å². The van der Waals surface area contributed by atoms with Gasteiger partial charge in [-0.2, -0.15) is 0 Å². The summed E-state index contributed by atoms with van der Waals surface area (Å²) in [4.78, 5) is 0. The van der Waals surface area contributed by atoms with Crippen molar-refractivity contribution < 1.29 is 13.5 Å². The zero-order valence-corrected chi connectivity index (χ0v) is 9.71. The lowest BCUT2D eigenvalue weighted by Gasteiger charge is -2.05. The Morgan fingerprint density at radius 2 is 2.24 bits per heavy atom. The van der Waals surface area contributed by atoms with E-state index >= 15 is 0 Å². The van der Waals surface area contributed by atoms with Gasteiger partial charge < -0.3 is 14.9 Å². The summed E-state index contributed by atoms with van der Waals surface area (Å²) < 4.78 is 23.9. The highest BCUT2D eigenvalue weighted by molar-refractivity contribution is 6.30. The van der Waals surface area contributed by atoms with Gasteiger partial charge in [-0.15, -0.1) is 0 Å². The summed E-state index contributed by atoms with van der Waals surface area (Å²) in [5, 5.41) is 0.0320. The molecule has 0 unspecified atom stereocenters. The quantitative estimate of drug-likeness (QED) is 0.913. The van der Waals surface area contributed by atoms with Gasteiger partial charge in [-0.3, -0.25) is 0 Å². The molecule has 3 nitrogen and oxygen atoms in total. The van der Waals surface area contributed by atoms with Crippen LogP contribution in [0.5, 0.6) is 5.75 Å². The smallest absolute Gasteiger partial charge is 0.183 e. The molecule has 17 heavy (non-hydrogen) atoms. The van der Waals surface area contributed by atoms with E-state index in [0.717, 1.165) is 5.56 Å². The van der Waals surface area contributed by atoms with E-state index in [4.69, 9.17) is 26.5 Å². The van der Waals surface area contributed by atoms with E-state index in [9.17, 15) is 4.39 Å². The summed E-state index contributed by atoms with van der Waals surface area (Å²) >= 11 is 5.63. The molecule has 0 aliphatic heterocycles. The van der Waals surface area contributed by atoms with Gasteiger partial charge in [0.05, 0.1) is 11.3 Å². The van der Waals surface area contributed by atoms with Gasteiger partial charge >= 0.3 is 0 Å². The molecule has 2 N–H and O–H groups in total. The zero-order chi connectivity index (χ0) is 12.3. The summed E-state index contributed by atoms with van der Waals surface area (Å²) in [5.74, 6) is 0.118. The van der Waals surface area contributed by atoms with Crippen molar-refractivity contribution in [2.75, 3.05) is 0 Å². The van der Waals surface area contributed by atoms with Gasteiger partial charge in [-0.25, -0.2) is 4.39 Å². The highest BCUT2D eigenvalue weighted by Gasteiger charge is 2.08. The third-order valence-corrected chi connectivity index (χ3v) is 2.52. The summed E-state index contributed by atoms with van der Waals surface area (Å²) in [5.41, 5.74) is 6.31. The van der Waals surface area contributed by atoms with Crippen LogP contribution in [0.3, 0.4) is 0 Å². The van der Waals surface area contributed by atoms with E-state index in [0.29, 0.717) is 12.3 Å². The zero-order valence-electron chi connectivity index (χ0n) is 8.95. The van der Waals surface area contributed by atoms with E-state index < -0.39 is 5.82 Å². The number of ether oxygens (including phenoxy) is 1. The van der Waals surface area contributed by atoms with Crippen LogP contribution in [0.25, 0.3) is 0 Å². The minimum Gasteiger partial charge on any atom is -0.483 e. The van der Waals surface area contributed by atoms with Crippen LogP contribution in [0.4, 0.5) is 4.39 Å². The molecule has 0 saturated carbocycles. The van der Waals surface area contributed by atoms with Gasteiger partial charge in [0.25, 0.3) is 0 Å². The minimum atomic E-state index is -0.570. The summed E-state index contributed by atoms with van der Waals surface area (Å²) in [6.45, 7) is 0.534. The second-order valence-corrected chi connectivity index (χ2v) is 3.87. The first-order chi connectivity index (χ1) is 8.20. The Labute approximate surface area is 103 Å². The maximum atomic E-state index is 13.5. The van der Waals surface area contributed by atoms with E-state index in [1.165, 1.54) is 12.1 Å². The topological polar surface area (TPSA) is 48.4 Å². The average molecular weight is 256 g/mol. The van der Waals surface area contributed by atoms with Crippen molar-refractivity contribution in [3.63, 3.8) is 0 Å². The Kier molecular flexibility index (Phi) is 3.66. The number of rotatable bonds is 4. The average Bonchev–Trinajstić information content (AvgIpc) is 2.79. The molecule has 2 rings (SSSR count). The number of halogens is 2. The molecule has 0 saturated heterocycles. The molecule has 1 aromatic carbocycles. The molecule has 2 aromatic rings. The van der Waals surface area contributed by atoms with Crippen molar-refractivity contribution >= 4 is 11.6 Å². The SMILES string of the molecule is NCc1coc(COc2cccc(Cl)c2F)c1. The first-order valence-corrected chi connectivity index (χ1v) is 5.41. The van der Waals surface area contributed by atoms with Crippen molar-refractivity contribution in [2.45, 2.75) is 13.2 Å². The molecular weight excluding hydrogens is 245 g/mol. The largest absolute Gasteiger partial charge is 0.483 e. The van der Waals surface area contributed by atoms with E-state index in [1.807, 2.05) is 0 Å².